The Morgan fingerprint density at radius 2 is 1.83 bits per heavy atom. The molecule has 0 aliphatic heterocycles. The number of aryl methyl sites for hydroxylation is 2. The van der Waals surface area contributed by atoms with Gasteiger partial charge in [-0.2, -0.15) is 18.2 Å². The number of thioether (sulfide) groups is 1. The van der Waals surface area contributed by atoms with E-state index < -0.39 is 17.7 Å². The van der Waals surface area contributed by atoms with E-state index in [4.69, 9.17) is 9.52 Å². The first-order valence-electron chi connectivity index (χ1n) is 8.77. The minimum Gasteiger partial charge on any atom is -0.481 e. The normalized spacial score (nSPS) is 11.6. The fourth-order valence-electron chi connectivity index (χ4n) is 2.78. The number of benzene rings is 2. The lowest BCUT2D eigenvalue weighted by Gasteiger charge is -2.06. The monoisotopic (exact) mass is 422 g/mol. The molecule has 8 heteroatoms. The predicted octanol–water partition coefficient (Wildman–Crippen LogP) is 5.32. The lowest BCUT2D eigenvalue weighted by molar-refractivity contribution is -0.377. The Hall–Kier alpha value is -2.74. The van der Waals surface area contributed by atoms with Gasteiger partial charge in [-0.3, -0.25) is 4.79 Å². The van der Waals surface area contributed by atoms with Crippen LogP contribution in [0, 0.1) is 13.8 Å². The van der Waals surface area contributed by atoms with Gasteiger partial charge in [0.25, 0.3) is 0 Å². The van der Waals surface area contributed by atoms with Gasteiger partial charge in [-0.25, -0.2) is 0 Å². The molecule has 1 aromatic heterocycles. The summed E-state index contributed by atoms with van der Waals surface area (Å²) < 4.78 is 43.9. The highest BCUT2D eigenvalue weighted by atomic mass is 32.2. The first-order chi connectivity index (χ1) is 13.6. The number of H-pyrrole nitrogens is 1. The van der Waals surface area contributed by atoms with Gasteiger partial charge in [0, 0.05) is 11.8 Å². The van der Waals surface area contributed by atoms with Crippen LogP contribution >= 0.6 is 11.8 Å². The number of carbonyl (C=O) groups is 1. The van der Waals surface area contributed by atoms with Crippen molar-refractivity contribution in [1.29, 1.82) is 0 Å². The van der Waals surface area contributed by atoms with E-state index in [0.717, 1.165) is 33.8 Å². The summed E-state index contributed by atoms with van der Waals surface area (Å²) in [6.07, 6.45) is -4.41. The minimum absolute atomic E-state index is 0.0359. The quantitative estimate of drug-likeness (QED) is 0.547. The number of aromatic amines is 1. The Kier molecular flexibility index (Phi) is 6.02. The first-order valence-corrected chi connectivity index (χ1v) is 9.75. The fraction of sp³-hybridized carbons (Fsp3) is 0.238. The van der Waals surface area contributed by atoms with E-state index >= 15 is 0 Å². The van der Waals surface area contributed by atoms with Crippen LogP contribution in [-0.2, 0) is 23.1 Å². The number of hydrogen-bond donors (Lipinski definition) is 1. The molecule has 3 aromatic rings. The molecule has 0 atom stereocenters. The topological polar surface area (TPSA) is 64.6 Å². The van der Waals surface area contributed by atoms with Crippen molar-refractivity contribution in [3.63, 3.8) is 0 Å². The van der Waals surface area contributed by atoms with Crippen LogP contribution in [0.15, 0.2) is 51.8 Å². The molecule has 0 unspecified atom stereocenters. The fourth-order valence-corrected chi connectivity index (χ4v) is 3.75. The molecule has 0 spiro atoms. The average Bonchev–Trinajstić information content (AvgIpc) is 3.02. The van der Waals surface area contributed by atoms with Gasteiger partial charge >= 0.3 is 18.0 Å². The van der Waals surface area contributed by atoms with E-state index in [1.807, 2.05) is 32.0 Å². The average molecular weight is 422 g/mol. The summed E-state index contributed by atoms with van der Waals surface area (Å²) in [5.74, 6) is 0.680. The molecular formula is C21H19F3NO3S+. The van der Waals surface area contributed by atoms with E-state index in [9.17, 15) is 18.0 Å². The maximum absolute atomic E-state index is 12.7. The van der Waals surface area contributed by atoms with Crippen molar-refractivity contribution >= 4 is 17.7 Å². The van der Waals surface area contributed by atoms with Crippen LogP contribution in [0.1, 0.15) is 28.1 Å². The number of hydrogen-bond acceptors (Lipinski definition) is 3. The van der Waals surface area contributed by atoms with Gasteiger partial charge in [-0.05, 0) is 54.4 Å². The Balaban J connectivity index is 1.74. The molecule has 0 saturated heterocycles. The molecule has 4 nitrogen and oxygen atoms in total. The van der Waals surface area contributed by atoms with Crippen LogP contribution < -0.4 is 4.98 Å². The summed E-state index contributed by atoms with van der Waals surface area (Å²) >= 11 is 1.50. The molecule has 0 aliphatic carbocycles. The number of halogens is 3. The van der Waals surface area contributed by atoms with Crippen molar-refractivity contribution in [2.24, 2.45) is 0 Å². The molecule has 2 N–H and O–H groups in total. The number of alkyl halides is 3. The van der Waals surface area contributed by atoms with Crippen molar-refractivity contribution < 1.29 is 32.5 Å². The second-order valence-electron chi connectivity index (χ2n) is 6.63. The maximum atomic E-state index is 12.7. The van der Waals surface area contributed by atoms with Crippen LogP contribution in [0.25, 0.3) is 11.5 Å². The van der Waals surface area contributed by atoms with Crippen LogP contribution in [0.4, 0.5) is 13.2 Å². The number of carboxylic acids is 1. The highest BCUT2D eigenvalue weighted by Gasteiger charge is 2.30. The highest BCUT2D eigenvalue weighted by Crippen LogP contribution is 2.31. The van der Waals surface area contributed by atoms with E-state index in [2.05, 4.69) is 4.98 Å². The van der Waals surface area contributed by atoms with Gasteiger partial charge in [-0.15, -0.1) is 11.8 Å². The molecule has 0 aliphatic rings. The largest absolute Gasteiger partial charge is 0.481 e. The number of aliphatic carboxylic acids is 1. The molecule has 29 heavy (non-hydrogen) atoms. The molecule has 0 bridgehead atoms. The molecule has 0 radical (unpaired) electrons. The first kappa shape index (κ1) is 21.0. The smallest absolute Gasteiger partial charge is 0.416 e. The number of aromatic nitrogens is 1. The lowest BCUT2D eigenvalue weighted by Crippen LogP contribution is -2.07. The highest BCUT2D eigenvalue weighted by molar-refractivity contribution is 7.98. The summed E-state index contributed by atoms with van der Waals surface area (Å²) in [6, 6.07) is 10.4. The SMILES string of the molecule is Cc1ccc(SCc2oc(-c3ccc(C(F)(F)F)cc3)[nH+]c2C)cc1CC(=O)O. The molecule has 2 aromatic carbocycles. The number of oxazole rings is 1. The Morgan fingerprint density at radius 1 is 1.14 bits per heavy atom. The van der Waals surface area contributed by atoms with Crippen LogP contribution in [0.5, 0.6) is 0 Å². The standard InChI is InChI=1S/C21H18F3NO3S/c1-12-3-8-17(9-15(12)10-19(26)27)29-11-18-13(2)25-20(28-18)14-4-6-16(7-5-14)21(22,23)24/h3-9H,10-11H2,1-2H3,(H,26,27)/p+1. The third kappa shape index (κ3) is 5.20. The summed E-state index contributed by atoms with van der Waals surface area (Å²) in [7, 11) is 0. The molecule has 0 saturated carbocycles. The predicted molar refractivity (Wildman–Crippen MR) is 103 cm³/mol. The van der Waals surface area contributed by atoms with Crippen molar-refractivity contribution in [3.8, 4) is 11.5 Å². The molecule has 152 valence electrons. The zero-order valence-electron chi connectivity index (χ0n) is 15.8. The summed E-state index contributed by atoms with van der Waals surface area (Å²) in [5, 5.41) is 9.01. The third-order valence-corrected chi connectivity index (χ3v) is 5.44. The molecule has 0 fully saturated rings. The van der Waals surface area contributed by atoms with Crippen molar-refractivity contribution in [3.05, 3.63) is 70.6 Å². The summed E-state index contributed by atoms with van der Waals surface area (Å²) in [4.78, 5) is 15.0. The minimum atomic E-state index is -4.38. The molecular weight excluding hydrogens is 403 g/mol. The zero-order valence-corrected chi connectivity index (χ0v) is 16.6. The second kappa shape index (κ2) is 8.32. The van der Waals surface area contributed by atoms with E-state index in [-0.39, 0.29) is 6.42 Å². The zero-order chi connectivity index (χ0) is 21.2. The Labute approximate surface area is 169 Å². The van der Waals surface area contributed by atoms with Crippen LogP contribution in [-0.4, -0.2) is 11.1 Å². The number of rotatable bonds is 6. The molecule has 1 heterocycles. The van der Waals surface area contributed by atoms with Crippen molar-refractivity contribution in [2.75, 3.05) is 0 Å². The van der Waals surface area contributed by atoms with Gasteiger partial charge < -0.3 is 9.52 Å². The van der Waals surface area contributed by atoms with E-state index in [1.165, 1.54) is 23.9 Å². The summed E-state index contributed by atoms with van der Waals surface area (Å²) in [6.45, 7) is 3.70. The van der Waals surface area contributed by atoms with Crippen LogP contribution in [0.3, 0.4) is 0 Å². The Bertz CT molecular complexity index is 1030. The van der Waals surface area contributed by atoms with Gasteiger partial charge in [-0.1, -0.05) is 6.07 Å². The lowest BCUT2D eigenvalue weighted by atomic mass is 10.1. The van der Waals surface area contributed by atoms with Crippen molar-refractivity contribution in [1.82, 2.24) is 0 Å². The van der Waals surface area contributed by atoms with Gasteiger partial charge in [0.05, 0.1) is 23.3 Å². The number of carboxylic acid groups (broad SMARTS) is 1. The molecule has 0 amide bonds. The Morgan fingerprint density at radius 3 is 2.45 bits per heavy atom. The van der Waals surface area contributed by atoms with Crippen molar-refractivity contribution in [2.45, 2.75) is 37.1 Å². The van der Waals surface area contributed by atoms with E-state index in [1.54, 1.807) is 0 Å². The van der Waals surface area contributed by atoms with Crippen LogP contribution in [0.2, 0.25) is 0 Å². The molecule has 3 rings (SSSR count). The number of nitrogens with one attached hydrogen (secondary N) is 1. The van der Waals surface area contributed by atoms with Gasteiger partial charge in [0.15, 0.2) is 5.76 Å². The maximum Gasteiger partial charge on any atom is 0.416 e. The second-order valence-corrected chi connectivity index (χ2v) is 7.68. The summed E-state index contributed by atoms with van der Waals surface area (Å²) in [5.41, 5.74) is 2.28. The van der Waals surface area contributed by atoms with Gasteiger partial charge in [0.2, 0.25) is 5.69 Å². The van der Waals surface area contributed by atoms with E-state index in [0.29, 0.717) is 23.0 Å². The van der Waals surface area contributed by atoms with Gasteiger partial charge in [0.1, 0.15) is 0 Å². The third-order valence-electron chi connectivity index (χ3n) is 4.45.